The van der Waals surface area contributed by atoms with Gasteiger partial charge in [-0.1, -0.05) is 48.5 Å². The maximum atomic E-state index is 13.4. The number of nitrogens with one attached hydrogen (secondary N) is 2. The monoisotopic (exact) mass is 658 g/mol. The van der Waals surface area contributed by atoms with Crippen molar-refractivity contribution in [2.75, 3.05) is 13.2 Å². The van der Waals surface area contributed by atoms with Crippen molar-refractivity contribution >= 4 is 28.0 Å². The molecule has 2 aliphatic rings. The van der Waals surface area contributed by atoms with Crippen molar-refractivity contribution in [2.24, 2.45) is 10.7 Å². The molecule has 0 unspecified atom stereocenters. The summed E-state index contributed by atoms with van der Waals surface area (Å²) in [4.78, 5) is 28.7. The summed E-state index contributed by atoms with van der Waals surface area (Å²) in [7, 11) is -4.06. The zero-order valence-electron chi connectivity index (χ0n) is 26.6. The van der Waals surface area contributed by atoms with Crippen LogP contribution in [-0.2, 0) is 26.0 Å². The molecule has 0 saturated carbocycles. The summed E-state index contributed by atoms with van der Waals surface area (Å²) in [6.07, 6.45) is -0.0165. The van der Waals surface area contributed by atoms with Crippen LogP contribution in [0.4, 0.5) is 4.79 Å². The lowest BCUT2D eigenvalue weighted by molar-refractivity contribution is -0.139. The zero-order chi connectivity index (χ0) is 33.4. The van der Waals surface area contributed by atoms with Gasteiger partial charge in [0.1, 0.15) is 24.0 Å². The molecule has 3 aromatic carbocycles. The number of guanidine groups is 1. The quantitative estimate of drug-likeness (QED) is 0.0800. The second-order valence-electron chi connectivity index (χ2n) is 12.4. The van der Waals surface area contributed by atoms with Gasteiger partial charge in [0.2, 0.25) is 5.96 Å². The number of hydrogen-bond donors (Lipinski definition) is 4. The van der Waals surface area contributed by atoms with Gasteiger partial charge in [-0.2, -0.15) is 0 Å². The van der Waals surface area contributed by atoms with Crippen molar-refractivity contribution in [1.29, 1.82) is 0 Å². The first-order chi connectivity index (χ1) is 21.7. The summed E-state index contributed by atoms with van der Waals surface area (Å²) >= 11 is 0. The van der Waals surface area contributed by atoms with E-state index in [0.717, 1.165) is 39.1 Å². The van der Waals surface area contributed by atoms with E-state index in [4.69, 9.17) is 15.2 Å². The summed E-state index contributed by atoms with van der Waals surface area (Å²) in [6.45, 7) is 9.33. The van der Waals surface area contributed by atoms with E-state index in [1.807, 2.05) is 69.3 Å². The summed E-state index contributed by atoms with van der Waals surface area (Å²) in [5, 5.41) is 12.1. The Kier molecular flexibility index (Phi) is 9.03. The number of hydrogen-bond acceptors (Lipinski definition) is 7. The van der Waals surface area contributed by atoms with Crippen LogP contribution in [0.1, 0.15) is 66.0 Å². The molecule has 0 aromatic heterocycles. The van der Waals surface area contributed by atoms with Gasteiger partial charge in [0.15, 0.2) is 0 Å². The topological polar surface area (TPSA) is 169 Å². The predicted octanol–water partition coefficient (Wildman–Crippen LogP) is 4.69. The fraction of sp³-hybridized carbons (Fsp3) is 0.382. The van der Waals surface area contributed by atoms with Crippen molar-refractivity contribution in [3.8, 4) is 16.9 Å². The molecule has 0 spiro atoms. The highest BCUT2D eigenvalue weighted by Gasteiger charge is 2.37. The molecule has 0 bridgehead atoms. The number of fused-ring (bicyclic) bond motifs is 4. The first kappa shape index (κ1) is 32.8. The number of aliphatic imine (C=N–C) groups is 1. The Hall–Kier alpha value is -4.58. The molecule has 1 heterocycles. The smallest absolute Gasteiger partial charge is 0.407 e. The number of alkyl carbamates (subject to hydrolysis) is 1. The summed E-state index contributed by atoms with van der Waals surface area (Å²) in [5.74, 6) is -0.975. The van der Waals surface area contributed by atoms with Crippen LogP contribution in [-0.4, -0.2) is 56.3 Å². The van der Waals surface area contributed by atoms with Crippen LogP contribution in [0.5, 0.6) is 5.75 Å². The van der Waals surface area contributed by atoms with E-state index in [9.17, 15) is 23.1 Å². The number of carboxylic acid groups (broad SMARTS) is 1. The van der Waals surface area contributed by atoms with Crippen LogP contribution in [0.2, 0.25) is 0 Å². The number of rotatable bonds is 10. The second kappa shape index (κ2) is 12.7. The highest BCUT2D eigenvalue weighted by Crippen LogP contribution is 2.45. The number of carboxylic acids is 1. The average molecular weight is 659 g/mol. The molecular formula is C34H40N4O7S. The zero-order valence-corrected chi connectivity index (χ0v) is 27.5. The van der Waals surface area contributed by atoms with Gasteiger partial charge in [-0.05, 0) is 86.4 Å². The van der Waals surface area contributed by atoms with Gasteiger partial charge < -0.3 is 25.6 Å². The van der Waals surface area contributed by atoms with Crippen molar-refractivity contribution in [3.05, 3.63) is 81.9 Å². The van der Waals surface area contributed by atoms with Gasteiger partial charge >= 0.3 is 12.1 Å². The summed E-state index contributed by atoms with van der Waals surface area (Å²) in [6, 6.07) is 14.6. The van der Waals surface area contributed by atoms with Crippen molar-refractivity contribution in [1.82, 2.24) is 10.0 Å². The first-order valence-electron chi connectivity index (χ1n) is 15.2. The van der Waals surface area contributed by atoms with Crippen LogP contribution in [0.15, 0.2) is 58.4 Å². The Morgan fingerprint density at radius 1 is 1.04 bits per heavy atom. The maximum absolute atomic E-state index is 13.4. The minimum atomic E-state index is -4.06. The third kappa shape index (κ3) is 6.53. The van der Waals surface area contributed by atoms with Crippen LogP contribution >= 0.6 is 0 Å². The average Bonchev–Trinajstić information content (AvgIpc) is 3.50. The lowest BCUT2D eigenvalue weighted by Crippen LogP contribution is -2.41. The highest BCUT2D eigenvalue weighted by molar-refractivity contribution is 7.90. The van der Waals surface area contributed by atoms with Crippen LogP contribution < -0.4 is 20.5 Å². The minimum Gasteiger partial charge on any atom is -0.487 e. The molecule has 5 rings (SSSR count). The first-order valence-corrected chi connectivity index (χ1v) is 16.7. The van der Waals surface area contributed by atoms with Crippen LogP contribution in [0.25, 0.3) is 11.1 Å². The van der Waals surface area contributed by atoms with Crippen LogP contribution in [0.3, 0.4) is 0 Å². The maximum Gasteiger partial charge on any atom is 0.407 e. The number of amides is 1. The number of ether oxygens (including phenoxy) is 2. The third-order valence-corrected chi connectivity index (χ3v) is 10.3. The van der Waals surface area contributed by atoms with Gasteiger partial charge in [0.05, 0.1) is 4.90 Å². The van der Waals surface area contributed by atoms with Crippen molar-refractivity contribution in [2.45, 2.75) is 76.3 Å². The van der Waals surface area contributed by atoms with E-state index in [1.54, 1.807) is 13.8 Å². The molecule has 46 heavy (non-hydrogen) atoms. The van der Waals surface area contributed by atoms with E-state index >= 15 is 0 Å². The molecule has 0 radical (unpaired) electrons. The van der Waals surface area contributed by atoms with Crippen molar-refractivity contribution in [3.63, 3.8) is 0 Å². The lowest BCUT2D eigenvalue weighted by atomic mass is 9.94. The Labute approximate surface area is 269 Å². The number of aliphatic carboxylic acids is 1. The van der Waals surface area contributed by atoms with Gasteiger partial charge in [-0.3, -0.25) is 4.99 Å². The molecule has 5 N–H and O–H groups in total. The van der Waals surface area contributed by atoms with E-state index in [-0.39, 0.29) is 42.8 Å². The number of sulfonamides is 1. The second-order valence-corrected chi connectivity index (χ2v) is 14.0. The number of nitrogens with zero attached hydrogens (tertiary/aromatic N) is 1. The molecule has 12 heteroatoms. The number of nitrogens with two attached hydrogens (primary N) is 1. The molecule has 1 aliphatic heterocycles. The standard InChI is InChI=1S/C34H40N4O7S/c1-19-20(2)30(21(3)26-17-34(4,5)45-29(19)26)46(42,43)38-32(35)36-16-10-15-28(31(39)40)37-33(41)44-18-27-24-13-8-6-11-22(24)23-12-7-9-14-25(23)27/h6-9,11-14,27-28H,10,15-18H2,1-5H3,(H,37,41)(H,39,40)(H3,35,36,38)/t28-/m0/s1/i10+1,15+1,16+1,28+1,31+1,32+1,35+1,36+1,37+1,38+1. The molecule has 1 aliphatic carbocycles. The Bertz CT molecular complexity index is 1790. The Morgan fingerprint density at radius 2 is 1.65 bits per heavy atom. The molecule has 0 fully saturated rings. The predicted molar refractivity (Wildman–Crippen MR) is 175 cm³/mol. The van der Waals surface area contributed by atoms with Gasteiger partial charge in [-0.25, -0.2) is 22.7 Å². The van der Waals surface area contributed by atoms with Crippen LogP contribution in [0, 0.1) is 20.8 Å². The number of carbonyl (C=O) groups excluding carboxylic acids is 1. The normalized spacial score (nSPS) is 15.7. The SMILES string of the molecule is Cc1c(C)c(S(=O)(=O)[15NH][13C]([15NH2])=[15N][13CH2][13CH2][13CH2][13C@H]([15NH]C(=O)OCC2c3ccccc3-c3ccccc32)[13C](=O)O)c(C)c2c1OC(C)(C)C2. The molecule has 244 valence electrons. The fourth-order valence-electron chi connectivity index (χ4n) is 6.40. The fourth-order valence-corrected chi connectivity index (χ4v) is 7.93. The van der Waals surface area contributed by atoms with Gasteiger partial charge in [0, 0.05) is 24.4 Å². The van der Waals surface area contributed by atoms with E-state index in [1.165, 1.54) is 0 Å². The minimum absolute atomic E-state index is 0.0288. The summed E-state index contributed by atoms with van der Waals surface area (Å²) < 4.78 is 40.7. The van der Waals surface area contributed by atoms with E-state index < -0.39 is 33.7 Å². The molecule has 1 atom stereocenters. The molecule has 1 amide bonds. The number of benzene rings is 3. The molecular weight excluding hydrogens is 618 g/mol. The molecule has 11 nitrogen and oxygen atoms in total. The largest absolute Gasteiger partial charge is 0.487 e. The summed E-state index contributed by atoms with van der Waals surface area (Å²) in [5.41, 5.74) is 12.6. The Balaban J connectivity index is 1.16. The van der Waals surface area contributed by atoms with E-state index in [0.29, 0.717) is 17.5 Å². The van der Waals surface area contributed by atoms with Crippen molar-refractivity contribution < 1.29 is 32.6 Å². The van der Waals surface area contributed by atoms with Gasteiger partial charge in [0.25, 0.3) is 10.0 Å². The number of carbonyl (C=O) groups is 2. The Morgan fingerprint density at radius 3 is 2.26 bits per heavy atom. The molecule has 0 saturated heterocycles. The third-order valence-electron chi connectivity index (χ3n) is 8.67. The van der Waals surface area contributed by atoms with E-state index in [2.05, 4.69) is 15.0 Å². The van der Waals surface area contributed by atoms with Gasteiger partial charge in [-0.15, -0.1) is 0 Å². The molecule has 3 aromatic rings. The highest BCUT2D eigenvalue weighted by atomic mass is 32.2. The lowest BCUT2D eigenvalue weighted by Gasteiger charge is -2.19.